The van der Waals surface area contributed by atoms with Gasteiger partial charge >= 0.3 is 0 Å². The van der Waals surface area contributed by atoms with E-state index >= 15 is 0 Å². The topological polar surface area (TPSA) is 9.23 Å². The Balaban J connectivity index is 2.23. The predicted octanol–water partition coefficient (Wildman–Crippen LogP) is 6.37. The van der Waals surface area contributed by atoms with Crippen LogP contribution in [0, 0.1) is 5.41 Å². The molecule has 2 unspecified atom stereocenters. The minimum atomic E-state index is 0.142. The number of rotatable bonds is 4. The molecule has 2 atom stereocenters. The SMILES string of the molecule is CCC1(CC)C(Br)CC1Oc1c(Cl)cc(Cl)cc1Cl. The van der Waals surface area contributed by atoms with Crippen LogP contribution in [0.2, 0.25) is 15.1 Å². The molecule has 0 aliphatic heterocycles. The van der Waals surface area contributed by atoms with Crippen LogP contribution >= 0.6 is 50.7 Å². The standard InChI is InChI=1S/C14H16BrCl3O/c1-3-14(4-2)11(15)7-12(14)19-13-9(17)5-8(16)6-10(13)18/h5-6,11-12H,3-4,7H2,1-2H3. The Morgan fingerprint density at radius 3 is 2.16 bits per heavy atom. The van der Waals surface area contributed by atoms with Gasteiger partial charge in [-0.3, -0.25) is 0 Å². The molecule has 0 amide bonds. The Hall–Kier alpha value is 0.370. The molecule has 0 spiro atoms. The molecular formula is C14H16BrCl3O. The summed E-state index contributed by atoms with van der Waals surface area (Å²) in [6.45, 7) is 4.39. The molecule has 1 nitrogen and oxygen atoms in total. The fraction of sp³-hybridized carbons (Fsp3) is 0.571. The fourth-order valence-electron chi connectivity index (χ4n) is 2.80. The van der Waals surface area contributed by atoms with E-state index in [4.69, 9.17) is 39.5 Å². The minimum Gasteiger partial charge on any atom is -0.487 e. The molecule has 2 rings (SSSR count). The minimum absolute atomic E-state index is 0.142. The molecule has 19 heavy (non-hydrogen) atoms. The zero-order valence-corrected chi connectivity index (χ0v) is 14.7. The van der Waals surface area contributed by atoms with Crippen molar-refractivity contribution in [2.24, 2.45) is 5.41 Å². The summed E-state index contributed by atoms with van der Waals surface area (Å²) in [7, 11) is 0. The van der Waals surface area contributed by atoms with Gasteiger partial charge in [0.05, 0.1) is 10.0 Å². The van der Waals surface area contributed by atoms with Gasteiger partial charge in [-0.2, -0.15) is 0 Å². The molecule has 0 bridgehead atoms. The Morgan fingerprint density at radius 1 is 1.21 bits per heavy atom. The van der Waals surface area contributed by atoms with Gasteiger partial charge in [0.15, 0.2) is 5.75 Å². The van der Waals surface area contributed by atoms with E-state index in [9.17, 15) is 0 Å². The van der Waals surface area contributed by atoms with Gasteiger partial charge in [-0.25, -0.2) is 0 Å². The summed E-state index contributed by atoms with van der Waals surface area (Å²) in [6, 6.07) is 3.32. The van der Waals surface area contributed by atoms with Crippen LogP contribution < -0.4 is 4.74 Å². The highest BCUT2D eigenvalue weighted by Crippen LogP contribution is 2.53. The zero-order valence-electron chi connectivity index (χ0n) is 10.9. The van der Waals surface area contributed by atoms with Crippen molar-refractivity contribution in [3.63, 3.8) is 0 Å². The molecule has 106 valence electrons. The maximum Gasteiger partial charge on any atom is 0.157 e. The second-order valence-electron chi connectivity index (χ2n) is 4.95. The highest BCUT2D eigenvalue weighted by Gasteiger charge is 2.53. The van der Waals surface area contributed by atoms with Crippen LogP contribution in [-0.4, -0.2) is 10.9 Å². The summed E-state index contributed by atoms with van der Waals surface area (Å²) in [5.74, 6) is 0.545. The van der Waals surface area contributed by atoms with Gasteiger partial charge in [-0.1, -0.05) is 64.6 Å². The lowest BCUT2D eigenvalue weighted by Gasteiger charge is -2.52. The molecule has 0 aromatic heterocycles. The Morgan fingerprint density at radius 2 is 1.74 bits per heavy atom. The summed E-state index contributed by atoms with van der Waals surface area (Å²) in [5.41, 5.74) is 0.159. The maximum absolute atomic E-state index is 6.17. The first kappa shape index (κ1) is 15.8. The average Bonchev–Trinajstić information content (AvgIpc) is 2.33. The second-order valence-corrected chi connectivity index (χ2v) is 7.30. The van der Waals surface area contributed by atoms with Gasteiger partial charge in [0.25, 0.3) is 0 Å². The van der Waals surface area contributed by atoms with Crippen molar-refractivity contribution in [2.45, 2.75) is 44.0 Å². The molecule has 1 aromatic rings. The van der Waals surface area contributed by atoms with Gasteiger partial charge in [0.1, 0.15) is 6.10 Å². The van der Waals surface area contributed by atoms with Crippen molar-refractivity contribution in [2.75, 3.05) is 0 Å². The van der Waals surface area contributed by atoms with Gasteiger partial charge in [0.2, 0.25) is 0 Å². The summed E-state index contributed by atoms with van der Waals surface area (Å²) >= 11 is 22.0. The van der Waals surface area contributed by atoms with Gasteiger partial charge in [-0.15, -0.1) is 0 Å². The molecule has 0 N–H and O–H groups in total. The lowest BCUT2D eigenvalue weighted by Crippen LogP contribution is -2.56. The second kappa shape index (κ2) is 6.01. The first-order valence-electron chi connectivity index (χ1n) is 6.39. The van der Waals surface area contributed by atoms with Gasteiger partial charge < -0.3 is 4.74 Å². The normalized spacial score (nSPS) is 24.9. The van der Waals surface area contributed by atoms with E-state index in [1.54, 1.807) is 12.1 Å². The van der Waals surface area contributed by atoms with Crippen LogP contribution in [0.15, 0.2) is 12.1 Å². The van der Waals surface area contributed by atoms with Crippen molar-refractivity contribution < 1.29 is 4.74 Å². The molecular weight excluding hydrogens is 370 g/mol. The monoisotopic (exact) mass is 384 g/mol. The highest BCUT2D eigenvalue weighted by molar-refractivity contribution is 9.09. The molecule has 0 radical (unpaired) electrons. The third kappa shape index (κ3) is 2.74. The Kier molecular flexibility index (Phi) is 4.98. The van der Waals surface area contributed by atoms with Crippen LogP contribution in [0.5, 0.6) is 5.75 Å². The average molecular weight is 387 g/mol. The molecule has 1 aliphatic carbocycles. The summed E-state index contributed by atoms with van der Waals surface area (Å²) in [4.78, 5) is 0.491. The number of ether oxygens (including phenoxy) is 1. The smallest absolute Gasteiger partial charge is 0.157 e. The zero-order chi connectivity index (χ0) is 14.2. The molecule has 1 aromatic carbocycles. The maximum atomic E-state index is 6.17. The summed E-state index contributed by atoms with van der Waals surface area (Å²) in [6.07, 6.45) is 3.24. The van der Waals surface area contributed by atoms with Crippen molar-refractivity contribution >= 4 is 50.7 Å². The molecule has 0 saturated heterocycles. The Bertz CT molecular complexity index is 451. The molecule has 1 saturated carbocycles. The van der Waals surface area contributed by atoms with Crippen LogP contribution in [0.4, 0.5) is 0 Å². The number of benzene rings is 1. The molecule has 5 heteroatoms. The van der Waals surface area contributed by atoms with E-state index in [-0.39, 0.29) is 11.5 Å². The summed E-state index contributed by atoms with van der Waals surface area (Å²) in [5, 5.41) is 1.46. The molecule has 1 aliphatic rings. The van der Waals surface area contributed by atoms with E-state index < -0.39 is 0 Å². The largest absolute Gasteiger partial charge is 0.487 e. The van der Waals surface area contributed by atoms with E-state index in [0.717, 1.165) is 19.3 Å². The van der Waals surface area contributed by atoms with E-state index in [1.165, 1.54) is 0 Å². The number of hydrogen-bond donors (Lipinski definition) is 0. The third-order valence-electron chi connectivity index (χ3n) is 4.23. The molecule has 1 fully saturated rings. The summed E-state index contributed by atoms with van der Waals surface area (Å²) < 4.78 is 6.08. The number of hydrogen-bond acceptors (Lipinski definition) is 1. The highest BCUT2D eigenvalue weighted by atomic mass is 79.9. The predicted molar refractivity (Wildman–Crippen MR) is 86.2 cm³/mol. The van der Waals surface area contributed by atoms with E-state index in [1.807, 2.05) is 0 Å². The van der Waals surface area contributed by atoms with Crippen LogP contribution in [0.25, 0.3) is 0 Å². The Labute approximate surface area is 137 Å². The van der Waals surface area contributed by atoms with Gasteiger partial charge in [0, 0.05) is 15.3 Å². The van der Waals surface area contributed by atoms with Crippen LogP contribution in [0.3, 0.4) is 0 Å². The lowest BCUT2D eigenvalue weighted by molar-refractivity contribution is -0.0409. The number of halogens is 4. The fourth-order valence-corrected chi connectivity index (χ4v) is 4.98. The van der Waals surface area contributed by atoms with Crippen molar-refractivity contribution in [1.82, 2.24) is 0 Å². The van der Waals surface area contributed by atoms with Crippen molar-refractivity contribution in [1.29, 1.82) is 0 Å². The van der Waals surface area contributed by atoms with Crippen LogP contribution in [0.1, 0.15) is 33.1 Å². The molecule has 0 heterocycles. The quantitative estimate of drug-likeness (QED) is 0.547. The van der Waals surface area contributed by atoms with E-state index in [2.05, 4.69) is 29.8 Å². The lowest BCUT2D eigenvalue weighted by atomic mass is 9.62. The van der Waals surface area contributed by atoms with Gasteiger partial charge in [-0.05, 0) is 31.4 Å². The van der Waals surface area contributed by atoms with E-state index in [0.29, 0.717) is 25.6 Å². The number of alkyl halides is 1. The first-order chi connectivity index (χ1) is 8.94. The third-order valence-corrected chi connectivity index (χ3v) is 6.29. The van der Waals surface area contributed by atoms with Crippen molar-refractivity contribution in [3.05, 3.63) is 27.2 Å². The van der Waals surface area contributed by atoms with Crippen molar-refractivity contribution in [3.8, 4) is 5.75 Å². The van der Waals surface area contributed by atoms with Crippen LogP contribution in [-0.2, 0) is 0 Å². The first-order valence-corrected chi connectivity index (χ1v) is 8.44.